The van der Waals surface area contributed by atoms with Crippen molar-refractivity contribution in [1.82, 2.24) is 15.3 Å². The van der Waals surface area contributed by atoms with Gasteiger partial charge in [0.2, 0.25) is 11.9 Å². The molecule has 2 amide bonds. The summed E-state index contributed by atoms with van der Waals surface area (Å²) >= 11 is 0. The zero-order valence-corrected chi connectivity index (χ0v) is 23.4. The summed E-state index contributed by atoms with van der Waals surface area (Å²) in [6, 6.07) is 5.11. The van der Waals surface area contributed by atoms with Gasteiger partial charge in [-0.25, -0.2) is 4.98 Å². The van der Waals surface area contributed by atoms with Gasteiger partial charge in [0.15, 0.2) is 5.82 Å². The Hall–Kier alpha value is -3.77. The van der Waals surface area contributed by atoms with Crippen molar-refractivity contribution < 1.29 is 28.6 Å². The van der Waals surface area contributed by atoms with Gasteiger partial charge in [-0.2, -0.15) is 4.98 Å². The summed E-state index contributed by atoms with van der Waals surface area (Å²) in [5, 5.41) is 6.03. The van der Waals surface area contributed by atoms with Crippen molar-refractivity contribution in [2.45, 2.75) is 51.1 Å². The number of likely N-dealkylation sites (N-methyl/N-ethyl adjacent to an activating group) is 1. The number of ether oxygens (including phenoxy) is 3. The van der Waals surface area contributed by atoms with Gasteiger partial charge in [-0.3, -0.25) is 9.59 Å². The van der Waals surface area contributed by atoms with Crippen molar-refractivity contribution in [1.29, 1.82) is 0 Å². The van der Waals surface area contributed by atoms with Gasteiger partial charge in [0.1, 0.15) is 30.4 Å². The van der Waals surface area contributed by atoms with E-state index in [0.717, 1.165) is 31.5 Å². The van der Waals surface area contributed by atoms with E-state index in [0.29, 0.717) is 67.7 Å². The number of benzene rings is 1. The van der Waals surface area contributed by atoms with Crippen LogP contribution in [0, 0.1) is 0 Å². The Kier molecular flexibility index (Phi) is 10.3. The molecule has 2 aliphatic rings. The summed E-state index contributed by atoms with van der Waals surface area (Å²) in [6.07, 6.45) is 7.44. The molecule has 216 valence electrons. The van der Waals surface area contributed by atoms with E-state index in [9.17, 15) is 14.4 Å². The van der Waals surface area contributed by atoms with Crippen molar-refractivity contribution in [3.8, 4) is 5.75 Å². The molecule has 0 saturated heterocycles. The molecule has 1 saturated carbocycles. The number of carbonyl (C=O) groups excluding carboxylic acids is 3. The zero-order valence-electron chi connectivity index (χ0n) is 23.4. The predicted octanol–water partition coefficient (Wildman–Crippen LogP) is 2.69. The van der Waals surface area contributed by atoms with Gasteiger partial charge < -0.3 is 39.4 Å². The highest BCUT2D eigenvalue weighted by atomic mass is 16.5. The van der Waals surface area contributed by atoms with Crippen LogP contribution in [0.1, 0.15) is 49.4 Å². The maximum atomic E-state index is 13.1. The van der Waals surface area contributed by atoms with Gasteiger partial charge in [-0.1, -0.05) is 19.8 Å². The van der Waals surface area contributed by atoms with Gasteiger partial charge >= 0.3 is 0 Å². The van der Waals surface area contributed by atoms with Crippen LogP contribution >= 0.6 is 0 Å². The first-order valence-corrected chi connectivity index (χ1v) is 13.7. The maximum absolute atomic E-state index is 13.1. The molecule has 2 aromatic rings. The van der Waals surface area contributed by atoms with Crippen LogP contribution in [0.5, 0.6) is 5.75 Å². The molecule has 4 rings (SSSR count). The van der Waals surface area contributed by atoms with Gasteiger partial charge in [-0.05, 0) is 37.5 Å². The molecule has 40 heavy (non-hydrogen) atoms. The smallest absolute Gasteiger partial charge is 0.251 e. The normalized spacial score (nSPS) is 17.1. The van der Waals surface area contributed by atoms with E-state index in [-0.39, 0.29) is 30.5 Å². The summed E-state index contributed by atoms with van der Waals surface area (Å²) in [6.45, 7) is 3.38. The van der Waals surface area contributed by atoms with E-state index < -0.39 is 0 Å². The molecule has 2 N–H and O–H groups in total. The minimum atomic E-state index is -0.263. The number of amides is 2. The first-order valence-electron chi connectivity index (χ1n) is 13.7. The molecular formula is C28H38N6O6. The lowest BCUT2D eigenvalue weighted by Gasteiger charge is -2.43. The highest BCUT2D eigenvalue weighted by Gasteiger charge is 2.41. The fourth-order valence-electron chi connectivity index (χ4n) is 5.19. The van der Waals surface area contributed by atoms with Crippen molar-refractivity contribution >= 4 is 41.2 Å². The fraction of sp³-hybridized carbons (Fsp3) is 0.536. The number of fused-ring (bicyclic) bond motifs is 1. The number of anilines is 4. The fourth-order valence-corrected chi connectivity index (χ4v) is 5.19. The van der Waals surface area contributed by atoms with E-state index in [4.69, 9.17) is 19.2 Å². The summed E-state index contributed by atoms with van der Waals surface area (Å²) in [5.41, 5.74) is 1.74. The van der Waals surface area contributed by atoms with Crippen LogP contribution in [-0.4, -0.2) is 87.3 Å². The van der Waals surface area contributed by atoms with E-state index >= 15 is 0 Å². The summed E-state index contributed by atoms with van der Waals surface area (Å²) in [7, 11) is 3.31. The third-order valence-electron chi connectivity index (χ3n) is 7.21. The molecule has 1 aliphatic heterocycles. The van der Waals surface area contributed by atoms with Crippen LogP contribution in [0.2, 0.25) is 0 Å². The van der Waals surface area contributed by atoms with Gasteiger partial charge in [0, 0.05) is 25.2 Å². The van der Waals surface area contributed by atoms with E-state index in [1.807, 2.05) is 6.92 Å². The molecule has 1 aromatic carbocycles. The van der Waals surface area contributed by atoms with E-state index in [1.54, 1.807) is 36.3 Å². The lowest BCUT2D eigenvalue weighted by atomic mass is 10.0. The SMILES string of the molecule is CC[C@@H]1C(=O)N(C)c2cnc(Nc3ccc(C(=O)NCCOCCOCC=O)cc3OC)nc2N1C1CCCC1. The average molecular weight is 555 g/mol. The van der Waals surface area contributed by atoms with Crippen LogP contribution in [0.3, 0.4) is 0 Å². The molecule has 0 spiro atoms. The van der Waals surface area contributed by atoms with E-state index in [1.165, 1.54) is 7.11 Å². The number of hydrogen-bond acceptors (Lipinski definition) is 10. The zero-order chi connectivity index (χ0) is 28.5. The molecule has 1 aromatic heterocycles. The molecule has 1 fully saturated rings. The van der Waals surface area contributed by atoms with Crippen LogP contribution in [-0.2, 0) is 19.1 Å². The number of rotatable bonds is 14. The predicted molar refractivity (Wildman–Crippen MR) is 151 cm³/mol. The Morgan fingerprint density at radius 1 is 1.18 bits per heavy atom. The average Bonchev–Trinajstić information content (AvgIpc) is 3.50. The quantitative estimate of drug-likeness (QED) is 0.265. The summed E-state index contributed by atoms with van der Waals surface area (Å²) in [4.78, 5) is 49.2. The maximum Gasteiger partial charge on any atom is 0.251 e. The molecule has 1 atom stereocenters. The Morgan fingerprint density at radius 3 is 2.67 bits per heavy atom. The second-order valence-corrected chi connectivity index (χ2v) is 9.72. The highest BCUT2D eigenvalue weighted by molar-refractivity contribution is 6.04. The summed E-state index contributed by atoms with van der Waals surface area (Å²) < 4.78 is 15.9. The van der Waals surface area contributed by atoms with Crippen LogP contribution in [0.15, 0.2) is 24.4 Å². The third-order valence-corrected chi connectivity index (χ3v) is 7.21. The number of aromatic nitrogens is 2. The highest BCUT2D eigenvalue weighted by Crippen LogP contribution is 2.40. The van der Waals surface area contributed by atoms with Gasteiger partial charge in [0.25, 0.3) is 5.91 Å². The number of nitrogens with one attached hydrogen (secondary N) is 2. The standard InChI is InChI=1S/C28H38N6O6/c1-4-22-27(37)33(2)23-18-30-28(32-25(23)34(22)20-7-5-6-8-20)31-21-10-9-19(17-24(21)38-3)26(36)29-11-13-39-15-16-40-14-12-35/h9-10,12,17-18,20,22H,4-8,11,13-16H2,1-3H3,(H,29,36)(H,30,31,32)/t22-/m1/s1. The number of carbonyl (C=O) groups is 3. The number of hydrogen-bond donors (Lipinski definition) is 2. The topological polar surface area (TPSA) is 135 Å². The lowest BCUT2D eigenvalue weighted by Crippen LogP contribution is -2.55. The number of nitrogens with zero attached hydrogens (tertiary/aromatic N) is 4. The van der Waals surface area contributed by atoms with Gasteiger partial charge in [0.05, 0.1) is 38.8 Å². The van der Waals surface area contributed by atoms with Crippen LogP contribution in [0.25, 0.3) is 0 Å². The second-order valence-electron chi connectivity index (χ2n) is 9.72. The first-order chi connectivity index (χ1) is 19.5. The molecule has 12 heteroatoms. The molecular weight excluding hydrogens is 516 g/mol. The molecule has 0 unspecified atom stereocenters. The van der Waals surface area contributed by atoms with Crippen molar-refractivity contribution in [2.24, 2.45) is 0 Å². The Balaban J connectivity index is 1.44. The van der Waals surface area contributed by atoms with Crippen LogP contribution in [0.4, 0.5) is 23.1 Å². The molecule has 0 radical (unpaired) electrons. The number of aldehydes is 1. The van der Waals surface area contributed by atoms with Crippen molar-refractivity contribution in [3.05, 3.63) is 30.0 Å². The first kappa shape index (κ1) is 29.2. The largest absolute Gasteiger partial charge is 0.495 e. The van der Waals surface area contributed by atoms with E-state index in [2.05, 4.69) is 20.5 Å². The van der Waals surface area contributed by atoms with Crippen molar-refractivity contribution in [3.63, 3.8) is 0 Å². The Morgan fingerprint density at radius 2 is 1.95 bits per heavy atom. The molecule has 12 nitrogen and oxygen atoms in total. The monoisotopic (exact) mass is 554 g/mol. The minimum absolute atomic E-state index is 0.0436. The summed E-state index contributed by atoms with van der Waals surface area (Å²) in [5.74, 6) is 1.40. The number of methoxy groups -OCH3 is 1. The Labute approximate surface area is 234 Å². The minimum Gasteiger partial charge on any atom is -0.495 e. The van der Waals surface area contributed by atoms with Crippen molar-refractivity contribution in [2.75, 3.05) is 62.2 Å². The van der Waals surface area contributed by atoms with Crippen LogP contribution < -0.4 is 25.2 Å². The Bertz CT molecular complexity index is 1190. The molecule has 1 aliphatic carbocycles. The second kappa shape index (κ2) is 14.0. The molecule has 2 heterocycles. The third kappa shape index (κ3) is 6.68. The lowest BCUT2D eigenvalue weighted by molar-refractivity contribution is -0.120. The molecule has 0 bridgehead atoms. The van der Waals surface area contributed by atoms with Gasteiger partial charge in [-0.15, -0.1) is 0 Å².